The molecule has 0 radical (unpaired) electrons. The summed E-state index contributed by atoms with van der Waals surface area (Å²) in [4.78, 5) is 11.2. The zero-order valence-corrected chi connectivity index (χ0v) is 8.82. The number of hydrogen-bond acceptors (Lipinski definition) is 3. The highest BCUT2D eigenvalue weighted by molar-refractivity contribution is 6.03. The molecule has 2 heterocycles. The molecule has 0 bridgehead atoms. The molecule has 0 unspecified atom stereocenters. The van der Waals surface area contributed by atoms with Crippen LogP contribution in [-0.4, -0.2) is 5.78 Å². The third-order valence-electron chi connectivity index (χ3n) is 2.68. The zero-order valence-electron chi connectivity index (χ0n) is 8.82. The van der Waals surface area contributed by atoms with Crippen molar-refractivity contribution in [1.82, 2.24) is 0 Å². The van der Waals surface area contributed by atoms with Crippen LogP contribution in [0.3, 0.4) is 0 Å². The van der Waals surface area contributed by atoms with Crippen LogP contribution >= 0.6 is 0 Å². The highest BCUT2D eigenvalue weighted by Gasteiger charge is 2.12. The molecule has 0 amide bonds. The molecule has 3 rings (SSSR count). The fraction of sp³-hybridized carbons (Fsp3) is 0.154. The summed E-state index contributed by atoms with van der Waals surface area (Å²) in [5.74, 6) is 0.144. The first-order valence-electron chi connectivity index (χ1n) is 5.11. The van der Waals surface area contributed by atoms with Crippen LogP contribution in [0, 0.1) is 0 Å². The quantitative estimate of drug-likeness (QED) is 0.657. The molecule has 0 fully saturated rings. The van der Waals surface area contributed by atoms with Crippen molar-refractivity contribution in [2.24, 2.45) is 0 Å². The summed E-state index contributed by atoms with van der Waals surface area (Å²) in [6, 6.07) is 5.73. The number of furan rings is 2. The van der Waals surface area contributed by atoms with Crippen LogP contribution in [0.25, 0.3) is 21.9 Å². The van der Waals surface area contributed by atoms with E-state index in [1.807, 2.05) is 18.2 Å². The van der Waals surface area contributed by atoms with E-state index in [2.05, 4.69) is 0 Å². The van der Waals surface area contributed by atoms with Crippen LogP contribution in [0.5, 0.6) is 0 Å². The van der Waals surface area contributed by atoms with Crippen molar-refractivity contribution < 1.29 is 13.6 Å². The molecule has 0 saturated carbocycles. The molecule has 0 aliphatic carbocycles. The van der Waals surface area contributed by atoms with Crippen molar-refractivity contribution in [3.8, 4) is 0 Å². The lowest BCUT2D eigenvalue weighted by Gasteiger charge is -2.00. The van der Waals surface area contributed by atoms with Gasteiger partial charge in [0.05, 0.1) is 12.5 Å². The van der Waals surface area contributed by atoms with Crippen molar-refractivity contribution in [2.75, 3.05) is 0 Å². The van der Waals surface area contributed by atoms with E-state index in [1.54, 1.807) is 19.5 Å². The first-order valence-corrected chi connectivity index (χ1v) is 5.11. The summed E-state index contributed by atoms with van der Waals surface area (Å²) in [5, 5.41) is 1.93. The lowest BCUT2D eigenvalue weighted by atomic mass is 10.0. The molecule has 1 aromatic carbocycles. The number of carbonyl (C=O) groups is 1. The lowest BCUT2D eigenvalue weighted by molar-refractivity contribution is -0.116. The molecule has 3 nitrogen and oxygen atoms in total. The van der Waals surface area contributed by atoms with Gasteiger partial charge in [-0.15, -0.1) is 0 Å². The topological polar surface area (TPSA) is 43.4 Å². The third-order valence-corrected chi connectivity index (χ3v) is 2.68. The molecule has 0 saturated heterocycles. The molecule has 80 valence electrons. The van der Waals surface area contributed by atoms with Gasteiger partial charge in [-0.25, -0.2) is 0 Å². The van der Waals surface area contributed by atoms with Gasteiger partial charge >= 0.3 is 0 Å². The third kappa shape index (κ3) is 1.25. The van der Waals surface area contributed by atoms with Crippen LogP contribution in [0.4, 0.5) is 0 Å². The van der Waals surface area contributed by atoms with E-state index in [9.17, 15) is 4.79 Å². The zero-order chi connectivity index (χ0) is 11.1. The first kappa shape index (κ1) is 9.21. The van der Waals surface area contributed by atoms with Gasteiger partial charge in [0.1, 0.15) is 5.78 Å². The van der Waals surface area contributed by atoms with Gasteiger partial charge in [-0.3, -0.25) is 4.79 Å². The monoisotopic (exact) mass is 214 g/mol. The summed E-state index contributed by atoms with van der Waals surface area (Å²) in [7, 11) is 0. The average molecular weight is 214 g/mol. The Morgan fingerprint density at radius 3 is 2.75 bits per heavy atom. The molecule has 0 aliphatic heterocycles. The molecule has 0 spiro atoms. The van der Waals surface area contributed by atoms with E-state index in [0.29, 0.717) is 6.42 Å². The highest BCUT2D eigenvalue weighted by Crippen LogP contribution is 2.30. The second-order valence-electron chi connectivity index (χ2n) is 3.92. The van der Waals surface area contributed by atoms with Crippen LogP contribution < -0.4 is 0 Å². The Hall–Kier alpha value is -2.03. The van der Waals surface area contributed by atoms with Gasteiger partial charge in [0.2, 0.25) is 0 Å². The van der Waals surface area contributed by atoms with E-state index in [4.69, 9.17) is 8.83 Å². The number of ketones is 1. The normalized spacial score (nSPS) is 11.3. The average Bonchev–Trinajstić information content (AvgIpc) is 2.82. The van der Waals surface area contributed by atoms with Crippen molar-refractivity contribution >= 4 is 27.7 Å². The predicted octanol–water partition coefficient (Wildman–Crippen LogP) is 3.31. The Morgan fingerprint density at radius 1 is 1.19 bits per heavy atom. The van der Waals surface area contributed by atoms with Crippen molar-refractivity contribution in [1.29, 1.82) is 0 Å². The van der Waals surface area contributed by atoms with E-state index < -0.39 is 0 Å². The Bertz CT molecular complexity index is 673. The smallest absolute Gasteiger partial charge is 0.177 e. The number of rotatable bonds is 2. The standard InChI is InChI=1S/C13H10O3/c1-8(14)6-10-7-9-2-4-15-12(9)13-11(10)3-5-16-13/h2-5,7H,6H2,1H3. The van der Waals surface area contributed by atoms with Crippen LogP contribution in [-0.2, 0) is 11.2 Å². The maximum atomic E-state index is 11.2. The van der Waals surface area contributed by atoms with E-state index in [1.165, 1.54) is 0 Å². The largest absolute Gasteiger partial charge is 0.460 e. The van der Waals surface area contributed by atoms with Gasteiger partial charge in [-0.05, 0) is 30.7 Å². The van der Waals surface area contributed by atoms with Gasteiger partial charge in [0, 0.05) is 17.2 Å². The molecule has 0 atom stereocenters. The van der Waals surface area contributed by atoms with Crippen molar-refractivity contribution in [3.63, 3.8) is 0 Å². The number of fused-ring (bicyclic) bond motifs is 3. The molecular weight excluding hydrogens is 204 g/mol. The summed E-state index contributed by atoms with van der Waals surface area (Å²) >= 11 is 0. The summed E-state index contributed by atoms with van der Waals surface area (Å²) in [6.45, 7) is 1.59. The second-order valence-corrected chi connectivity index (χ2v) is 3.92. The molecule has 16 heavy (non-hydrogen) atoms. The summed E-state index contributed by atoms with van der Waals surface area (Å²) in [6.07, 6.45) is 3.68. The summed E-state index contributed by atoms with van der Waals surface area (Å²) < 4.78 is 10.8. The fourth-order valence-corrected chi connectivity index (χ4v) is 2.04. The van der Waals surface area contributed by atoms with Gasteiger partial charge in [-0.2, -0.15) is 0 Å². The van der Waals surface area contributed by atoms with Gasteiger partial charge in [0.25, 0.3) is 0 Å². The maximum Gasteiger partial charge on any atom is 0.177 e. The minimum atomic E-state index is 0.144. The maximum absolute atomic E-state index is 11.2. The molecule has 2 aromatic heterocycles. The minimum absolute atomic E-state index is 0.144. The Balaban J connectivity index is 2.38. The molecule has 0 N–H and O–H groups in total. The summed E-state index contributed by atoms with van der Waals surface area (Å²) in [5.41, 5.74) is 2.45. The second kappa shape index (κ2) is 3.23. The van der Waals surface area contributed by atoms with E-state index in [0.717, 1.165) is 27.5 Å². The number of hydrogen-bond donors (Lipinski definition) is 0. The van der Waals surface area contributed by atoms with E-state index in [-0.39, 0.29) is 5.78 Å². The molecule has 3 heteroatoms. The number of carbonyl (C=O) groups excluding carboxylic acids is 1. The minimum Gasteiger partial charge on any atom is -0.460 e. The van der Waals surface area contributed by atoms with Crippen LogP contribution in [0.2, 0.25) is 0 Å². The SMILES string of the molecule is CC(=O)Cc1cc2ccoc2c2occc12. The van der Waals surface area contributed by atoms with Crippen molar-refractivity contribution in [2.45, 2.75) is 13.3 Å². The molecular formula is C13H10O3. The Kier molecular flexibility index (Phi) is 1.86. The van der Waals surface area contributed by atoms with E-state index >= 15 is 0 Å². The first-order chi connectivity index (χ1) is 7.75. The van der Waals surface area contributed by atoms with Crippen LogP contribution in [0.15, 0.2) is 39.6 Å². The highest BCUT2D eigenvalue weighted by atomic mass is 16.4. The van der Waals surface area contributed by atoms with Gasteiger partial charge < -0.3 is 8.83 Å². The lowest BCUT2D eigenvalue weighted by Crippen LogP contribution is -1.96. The predicted molar refractivity (Wildman–Crippen MR) is 60.4 cm³/mol. The molecule has 0 aliphatic rings. The Morgan fingerprint density at radius 2 is 1.94 bits per heavy atom. The number of Topliss-reactive ketones (excluding diaryl/α,β-unsaturated/α-hetero) is 1. The van der Waals surface area contributed by atoms with Crippen molar-refractivity contribution in [3.05, 3.63) is 36.3 Å². The van der Waals surface area contributed by atoms with Gasteiger partial charge in [-0.1, -0.05) is 0 Å². The molecule has 3 aromatic rings. The van der Waals surface area contributed by atoms with Gasteiger partial charge in [0.15, 0.2) is 11.2 Å². The number of benzene rings is 1. The Labute approximate surface area is 91.6 Å². The fourth-order valence-electron chi connectivity index (χ4n) is 2.04. The van der Waals surface area contributed by atoms with Crippen LogP contribution in [0.1, 0.15) is 12.5 Å².